The van der Waals surface area contributed by atoms with Crippen molar-refractivity contribution >= 4 is 34.8 Å². The Hall–Kier alpha value is -4.75. The van der Waals surface area contributed by atoms with Crippen molar-refractivity contribution in [2.75, 3.05) is 25.6 Å². The number of aromatic nitrogens is 1. The van der Waals surface area contributed by atoms with E-state index in [2.05, 4.69) is 10.3 Å². The lowest BCUT2D eigenvalue weighted by Gasteiger charge is -2.36. The van der Waals surface area contributed by atoms with Gasteiger partial charge in [0.1, 0.15) is 17.5 Å². The number of alkyl halides is 3. The van der Waals surface area contributed by atoms with Gasteiger partial charge in [0, 0.05) is 52.3 Å². The molecule has 1 atom stereocenters. The molecule has 2 amide bonds. The third-order valence-corrected chi connectivity index (χ3v) is 9.97. The number of ether oxygens (including phenoxy) is 2. The molecule has 1 fully saturated rings. The largest absolute Gasteiger partial charge is 0.493 e. The first kappa shape index (κ1) is 34.1. The van der Waals surface area contributed by atoms with Crippen molar-refractivity contribution in [3.63, 3.8) is 0 Å². The fourth-order valence-corrected chi connectivity index (χ4v) is 7.56. The number of thiophene rings is 1. The molecule has 0 bridgehead atoms. The van der Waals surface area contributed by atoms with Crippen LogP contribution in [0.3, 0.4) is 0 Å². The number of fused-ring (bicyclic) bond motifs is 3. The molecule has 256 valence electrons. The third-order valence-electron chi connectivity index (χ3n) is 8.98. The van der Waals surface area contributed by atoms with Crippen LogP contribution in [-0.2, 0) is 17.7 Å². The van der Waals surface area contributed by atoms with Gasteiger partial charge in [-0.3, -0.25) is 9.59 Å². The Morgan fingerprint density at radius 2 is 1.82 bits per heavy atom. The van der Waals surface area contributed by atoms with E-state index in [1.54, 1.807) is 12.1 Å². The van der Waals surface area contributed by atoms with Gasteiger partial charge in [0.15, 0.2) is 5.69 Å². The lowest BCUT2D eigenvalue weighted by Crippen LogP contribution is -2.51. The molecule has 6 rings (SSSR count). The molecule has 4 aromatic rings. The maximum absolute atomic E-state index is 14.3. The first-order valence-corrected chi connectivity index (χ1v) is 16.8. The molecule has 2 aliphatic heterocycles. The number of nitrogens with zero attached hydrogens (tertiary/aromatic N) is 2. The second-order valence-electron chi connectivity index (χ2n) is 12.2. The number of likely N-dealkylation sites (tertiary alicyclic amines) is 1. The first-order valence-electron chi connectivity index (χ1n) is 15.9. The predicted octanol–water partition coefficient (Wildman–Crippen LogP) is 7.08. The molecule has 2 aromatic carbocycles. The third kappa shape index (κ3) is 6.64. The number of hydrogen-bond acceptors (Lipinski definition) is 8. The Kier molecular flexibility index (Phi) is 9.50. The molecule has 2 aliphatic rings. The number of piperidine rings is 1. The topological polar surface area (TPSA) is 124 Å². The minimum Gasteiger partial charge on any atom is -0.493 e. The van der Waals surface area contributed by atoms with Gasteiger partial charge in [-0.05, 0) is 91.1 Å². The maximum atomic E-state index is 14.3. The molecule has 0 radical (unpaired) electrons. The highest BCUT2D eigenvalue weighted by molar-refractivity contribution is 7.13. The van der Waals surface area contributed by atoms with Crippen LogP contribution < -0.4 is 15.8 Å². The summed E-state index contributed by atoms with van der Waals surface area (Å²) in [4.78, 5) is 47.0. The van der Waals surface area contributed by atoms with Gasteiger partial charge in [0.2, 0.25) is 0 Å². The van der Waals surface area contributed by atoms with Gasteiger partial charge in [-0.15, -0.1) is 11.3 Å². The maximum Gasteiger partial charge on any atom is 0.408 e. The summed E-state index contributed by atoms with van der Waals surface area (Å²) in [6, 6.07) is 9.90. The number of nitrogens with two attached hydrogens (primary N) is 1. The lowest BCUT2D eigenvalue weighted by atomic mass is 9.93. The molecule has 2 aromatic heterocycles. The fourth-order valence-electron chi connectivity index (χ4n) is 6.59. The molecule has 9 nitrogen and oxygen atoms in total. The summed E-state index contributed by atoms with van der Waals surface area (Å²) in [5, 5.41) is 5.00. The molecule has 0 unspecified atom stereocenters. The van der Waals surface area contributed by atoms with E-state index in [1.807, 2.05) is 37.4 Å². The summed E-state index contributed by atoms with van der Waals surface area (Å²) in [7, 11) is 1.13. The molecular formula is C36H35F3N4O5S. The SMILES string of the molecule is COC(=O)c1nc(C(=O)N2CCCC[C@@H]2C(F)(F)F)ccc1-c1cc2c(cc1C(=O)Nc1c(C)cc(CN)cc1C)-c1sccc1CCO2. The number of anilines is 1. The highest BCUT2D eigenvalue weighted by Gasteiger charge is 2.46. The Balaban J connectivity index is 1.50. The fraction of sp³-hybridized carbons (Fsp3) is 0.333. The number of aryl methyl sites for hydroxylation is 2. The Labute approximate surface area is 285 Å². The molecule has 0 saturated carbocycles. The van der Waals surface area contributed by atoms with Crippen molar-refractivity contribution < 1.29 is 37.0 Å². The average molecular weight is 693 g/mol. The number of amides is 2. The van der Waals surface area contributed by atoms with Gasteiger partial charge >= 0.3 is 12.1 Å². The van der Waals surface area contributed by atoms with Crippen LogP contribution in [-0.4, -0.2) is 60.1 Å². The molecule has 3 N–H and O–H groups in total. The quantitative estimate of drug-likeness (QED) is 0.207. The normalized spacial score (nSPS) is 15.8. The number of rotatable bonds is 6. The molecule has 0 aliphatic carbocycles. The summed E-state index contributed by atoms with van der Waals surface area (Å²) in [5.41, 5.74) is 10.7. The highest BCUT2D eigenvalue weighted by Crippen LogP contribution is 2.44. The van der Waals surface area contributed by atoms with Crippen LogP contribution in [0.15, 0.2) is 47.8 Å². The molecule has 0 spiro atoms. The van der Waals surface area contributed by atoms with Crippen LogP contribution in [0.1, 0.15) is 72.9 Å². The van der Waals surface area contributed by atoms with Crippen LogP contribution >= 0.6 is 11.3 Å². The second kappa shape index (κ2) is 13.6. The zero-order chi connectivity index (χ0) is 35.0. The number of methoxy groups -OCH3 is 1. The number of halogens is 3. The van der Waals surface area contributed by atoms with Crippen molar-refractivity contribution in [1.29, 1.82) is 0 Å². The van der Waals surface area contributed by atoms with Gasteiger partial charge in [0.05, 0.1) is 13.7 Å². The van der Waals surface area contributed by atoms with Crippen molar-refractivity contribution in [1.82, 2.24) is 9.88 Å². The smallest absolute Gasteiger partial charge is 0.408 e. The Bertz CT molecular complexity index is 1930. The number of carbonyl (C=O) groups is 3. The Morgan fingerprint density at radius 3 is 2.51 bits per heavy atom. The van der Waals surface area contributed by atoms with Crippen LogP contribution in [0.5, 0.6) is 5.75 Å². The van der Waals surface area contributed by atoms with Gasteiger partial charge in [-0.2, -0.15) is 13.2 Å². The number of carbonyl (C=O) groups excluding carboxylic acids is 3. The molecular weight excluding hydrogens is 657 g/mol. The van der Waals surface area contributed by atoms with Crippen LogP contribution in [0.4, 0.5) is 18.9 Å². The summed E-state index contributed by atoms with van der Waals surface area (Å²) >= 11 is 1.52. The van der Waals surface area contributed by atoms with Crippen LogP contribution in [0, 0.1) is 13.8 Å². The van der Waals surface area contributed by atoms with Gasteiger partial charge in [-0.1, -0.05) is 12.1 Å². The van der Waals surface area contributed by atoms with E-state index in [-0.39, 0.29) is 41.0 Å². The summed E-state index contributed by atoms with van der Waals surface area (Å²) in [6.45, 7) is 4.35. The van der Waals surface area contributed by atoms with Crippen molar-refractivity contribution in [3.05, 3.63) is 87.0 Å². The van der Waals surface area contributed by atoms with E-state index in [0.29, 0.717) is 49.4 Å². The Morgan fingerprint density at radius 1 is 1.06 bits per heavy atom. The monoisotopic (exact) mass is 692 g/mol. The van der Waals surface area contributed by atoms with Crippen LogP contribution in [0.25, 0.3) is 21.6 Å². The summed E-state index contributed by atoms with van der Waals surface area (Å²) in [5.74, 6) is -1.88. The number of hydrogen-bond donors (Lipinski definition) is 2. The molecule has 1 saturated heterocycles. The zero-order valence-corrected chi connectivity index (χ0v) is 28.0. The highest BCUT2D eigenvalue weighted by atomic mass is 32.1. The summed E-state index contributed by atoms with van der Waals surface area (Å²) < 4.78 is 52.8. The van der Waals surface area contributed by atoms with E-state index in [4.69, 9.17) is 15.2 Å². The van der Waals surface area contributed by atoms with E-state index >= 15 is 0 Å². The van der Waals surface area contributed by atoms with Gasteiger partial charge in [-0.25, -0.2) is 9.78 Å². The minimum atomic E-state index is -4.62. The van der Waals surface area contributed by atoms with E-state index in [9.17, 15) is 27.6 Å². The predicted molar refractivity (Wildman–Crippen MR) is 180 cm³/mol. The second-order valence-corrected chi connectivity index (χ2v) is 13.1. The number of benzene rings is 2. The minimum absolute atomic E-state index is 0.0950. The number of nitrogens with one attached hydrogen (secondary N) is 1. The molecule has 13 heteroatoms. The van der Waals surface area contributed by atoms with Crippen LogP contribution in [0.2, 0.25) is 0 Å². The van der Waals surface area contributed by atoms with Crippen molar-refractivity contribution in [2.45, 2.75) is 58.3 Å². The molecule has 4 heterocycles. The average Bonchev–Trinajstić information content (AvgIpc) is 3.49. The molecule has 49 heavy (non-hydrogen) atoms. The van der Waals surface area contributed by atoms with Crippen molar-refractivity contribution in [2.24, 2.45) is 5.73 Å². The van der Waals surface area contributed by atoms with E-state index < -0.39 is 30.0 Å². The number of esters is 1. The lowest BCUT2D eigenvalue weighted by molar-refractivity contribution is -0.183. The summed E-state index contributed by atoms with van der Waals surface area (Å²) in [6.07, 6.45) is -3.44. The first-order chi connectivity index (χ1) is 23.4. The van der Waals surface area contributed by atoms with E-state index in [1.165, 1.54) is 23.5 Å². The van der Waals surface area contributed by atoms with Crippen molar-refractivity contribution in [3.8, 4) is 27.3 Å². The van der Waals surface area contributed by atoms with E-state index in [0.717, 1.165) is 39.1 Å². The standard InChI is InChI=1S/C36H35F3N4O5S/c1-19-14-21(18-40)15-20(2)30(19)42-33(44)25-16-26-28(48-12-9-22-10-13-49-32(22)26)17-24(25)23-7-8-27(41-31(23)35(46)47-3)34(45)43-11-5-4-6-29(43)36(37,38)39/h7-8,10,13-17,29H,4-6,9,11-12,18,40H2,1-3H3,(H,42,44)/t29-/m1/s1. The number of pyridine rings is 1. The van der Waals surface area contributed by atoms with Gasteiger partial charge in [0.25, 0.3) is 11.8 Å². The van der Waals surface area contributed by atoms with Gasteiger partial charge < -0.3 is 25.4 Å². The zero-order valence-electron chi connectivity index (χ0n) is 27.2.